The normalized spacial score (nSPS) is 10.2. The first-order chi connectivity index (χ1) is 11.6. The van der Waals surface area contributed by atoms with Gasteiger partial charge in [0, 0.05) is 23.4 Å². The smallest absolute Gasteiger partial charge is 0.255 e. The van der Waals surface area contributed by atoms with Crippen LogP contribution in [0.15, 0.2) is 48.5 Å². The molecular formula is C20H24N2O2. The van der Waals surface area contributed by atoms with Crippen LogP contribution in [0, 0.1) is 6.92 Å². The van der Waals surface area contributed by atoms with Gasteiger partial charge in [0.1, 0.15) is 0 Å². The molecule has 2 aromatic rings. The molecule has 2 aromatic carbocycles. The van der Waals surface area contributed by atoms with Crippen molar-refractivity contribution in [2.75, 3.05) is 10.6 Å². The van der Waals surface area contributed by atoms with Crippen LogP contribution in [-0.4, -0.2) is 11.8 Å². The molecule has 0 aliphatic rings. The molecule has 0 saturated carbocycles. The number of anilines is 2. The number of rotatable bonds is 7. The minimum atomic E-state index is -0.162. The zero-order valence-corrected chi connectivity index (χ0v) is 14.3. The van der Waals surface area contributed by atoms with Crippen molar-refractivity contribution in [1.29, 1.82) is 0 Å². The summed E-state index contributed by atoms with van der Waals surface area (Å²) in [6, 6.07) is 14.6. The first-order valence-corrected chi connectivity index (χ1v) is 8.36. The molecule has 0 unspecified atom stereocenters. The largest absolute Gasteiger partial charge is 0.326 e. The molecule has 0 aliphatic carbocycles. The van der Waals surface area contributed by atoms with E-state index in [1.807, 2.05) is 37.3 Å². The van der Waals surface area contributed by atoms with E-state index in [0.29, 0.717) is 23.4 Å². The number of hydrogen-bond donors (Lipinski definition) is 2. The van der Waals surface area contributed by atoms with E-state index in [4.69, 9.17) is 0 Å². The van der Waals surface area contributed by atoms with Crippen LogP contribution in [0.1, 0.15) is 48.5 Å². The van der Waals surface area contributed by atoms with Crippen LogP contribution >= 0.6 is 0 Å². The number of carbonyl (C=O) groups is 2. The second-order valence-electron chi connectivity index (χ2n) is 5.91. The van der Waals surface area contributed by atoms with E-state index >= 15 is 0 Å². The van der Waals surface area contributed by atoms with E-state index in [9.17, 15) is 9.59 Å². The van der Waals surface area contributed by atoms with Gasteiger partial charge >= 0.3 is 0 Å². The van der Waals surface area contributed by atoms with E-state index < -0.39 is 0 Å². The lowest BCUT2D eigenvalue weighted by Crippen LogP contribution is -2.13. The molecule has 0 heterocycles. The Hall–Kier alpha value is -2.62. The fourth-order valence-electron chi connectivity index (χ4n) is 2.42. The topological polar surface area (TPSA) is 58.2 Å². The van der Waals surface area contributed by atoms with Crippen molar-refractivity contribution in [3.63, 3.8) is 0 Å². The third-order valence-corrected chi connectivity index (χ3v) is 3.69. The summed E-state index contributed by atoms with van der Waals surface area (Å²) in [6.45, 7) is 4.06. The molecule has 24 heavy (non-hydrogen) atoms. The van der Waals surface area contributed by atoms with E-state index in [-0.39, 0.29) is 11.8 Å². The Morgan fingerprint density at radius 1 is 0.917 bits per heavy atom. The third-order valence-electron chi connectivity index (χ3n) is 3.69. The second-order valence-corrected chi connectivity index (χ2v) is 5.91. The molecule has 0 fully saturated rings. The lowest BCUT2D eigenvalue weighted by atomic mass is 10.1. The van der Waals surface area contributed by atoms with Gasteiger partial charge in [-0.2, -0.15) is 0 Å². The Morgan fingerprint density at radius 2 is 1.62 bits per heavy atom. The number of nitrogens with one attached hydrogen (secondary N) is 2. The summed E-state index contributed by atoms with van der Waals surface area (Å²) in [5, 5.41) is 5.73. The van der Waals surface area contributed by atoms with E-state index in [2.05, 4.69) is 17.6 Å². The molecule has 4 heteroatoms. The van der Waals surface area contributed by atoms with Gasteiger partial charge in [0.05, 0.1) is 0 Å². The highest BCUT2D eigenvalue weighted by Gasteiger charge is 2.07. The van der Waals surface area contributed by atoms with Crippen LogP contribution in [0.4, 0.5) is 11.4 Å². The fourth-order valence-corrected chi connectivity index (χ4v) is 2.42. The zero-order chi connectivity index (χ0) is 17.4. The summed E-state index contributed by atoms with van der Waals surface area (Å²) in [7, 11) is 0. The van der Waals surface area contributed by atoms with Gasteiger partial charge in [-0.15, -0.1) is 0 Å². The molecular weight excluding hydrogens is 300 g/mol. The van der Waals surface area contributed by atoms with E-state index in [1.54, 1.807) is 18.2 Å². The maximum Gasteiger partial charge on any atom is 0.255 e. The van der Waals surface area contributed by atoms with Gasteiger partial charge in [0.15, 0.2) is 0 Å². The van der Waals surface area contributed by atoms with Gasteiger partial charge in [-0.1, -0.05) is 43.5 Å². The highest BCUT2D eigenvalue weighted by Crippen LogP contribution is 2.17. The molecule has 0 spiro atoms. The highest BCUT2D eigenvalue weighted by atomic mass is 16.2. The summed E-state index contributed by atoms with van der Waals surface area (Å²) < 4.78 is 0. The van der Waals surface area contributed by atoms with E-state index in [1.165, 1.54) is 0 Å². The van der Waals surface area contributed by atoms with Gasteiger partial charge in [0.25, 0.3) is 5.91 Å². The molecule has 0 radical (unpaired) electrons. The highest BCUT2D eigenvalue weighted by molar-refractivity contribution is 6.04. The number of carbonyl (C=O) groups excluding carboxylic acids is 2. The quantitative estimate of drug-likeness (QED) is 0.721. The minimum Gasteiger partial charge on any atom is -0.326 e. The second kappa shape index (κ2) is 8.87. The summed E-state index contributed by atoms with van der Waals surface area (Å²) in [5.41, 5.74) is 3.01. The molecule has 0 atom stereocenters. The first-order valence-electron chi connectivity index (χ1n) is 8.36. The van der Waals surface area contributed by atoms with Crippen molar-refractivity contribution < 1.29 is 9.59 Å². The van der Waals surface area contributed by atoms with Gasteiger partial charge in [0.2, 0.25) is 5.91 Å². The Balaban J connectivity index is 1.97. The number of amides is 2. The van der Waals surface area contributed by atoms with Crippen molar-refractivity contribution in [2.45, 2.75) is 39.5 Å². The monoisotopic (exact) mass is 324 g/mol. The molecule has 126 valence electrons. The number of unbranched alkanes of at least 4 members (excludes halogenated alkanes) is 2. The molecule has 0 saturated heterocycles. The number of aryl methyl sites for hydroxylation is 1. The molecule has 4 nitrogen and oxygen atoms in total. The average molecular weight is 324 g/mol. The maximum atomic E-state index is 12.3. The van der Waals surface area contributed by atoms with Gasteiger partial charge in [-0.05, 0) is 43.7 Å². The summed E-state index contributed by atoms with van der Waals surface area (Å²) in [6.07, 6.45) is 3.56. The number of benzene rings is 2. The first kappa shape index (κ1) is 17.7. The van der Waals surface area contributed by atoms with E-state index in [0.717, 1.165) is 24.8 Å². The zero-order valence-electron chi connectivity index (χ0n) is 14.3. The fraction of sp³-hybridized carbons (Fsp3) is 0.300. The standard InChI is InChI=1S/C20H24N2O2/c1-3-4-5-12-19(23)21-17-10-7-11-18(14-17)22-20(24)16-9-6-8-15(2)13-16/h6-11,13-14H,3-5,12H2,1-2H3,(H,21,23)(H,22,24). The van der Waals surface area contributed by atoms with Crippen LogP contribution in [0.2, 0.25) is 0 Å². The summed E-state index contributed by atoms with van der Waals surface area (Å²) in [4.78, 5) is 24.2. The van der Waals surface area contributed by atoms with Crippen LogP contribution in [0.5, 0.6) is 0 Å². The van der Waals surface area contributed by atoms with Crippen LogP contribution in [0.25, 0.3) is 0 Å². The Labute approximate surface area is 143 Å². The average Bonchev–Trinajstić information content (AvgIpc) is 2.55. The van der Waals surface area contributed by atoms with Crippen molar-refractivity contribution in [2.24, 2.45) is 0 Å². The Bertz CT molecular complexity index is 710. The predicted molar refractivity (Wildman–Crippen MR) is 98.3 cm³/mol. The Morgan fingerprint density at radius 3 is 2.33 bits per heavy atom. The molecule has 0 aliphatic heterocycles. The lowest BCUT2D eigenvalue weighted by Gasteiger charge is -2.09. The van der Waals surface area contributed by atoms with Gasteiger partial charge in [-0.3, -0.25) is 9.59 Å². The number of hydrogen-bond acceptors (Lipinski definition) is 2. The van der Waals surface area contributed by atoms with Crippen molar-refractivity contribution in [3.05, 3.63) is 59.7 Å². The van der Waals surface area contributed by atoms with Gasteiger partial charge < -0.3 is 10.6 Å². The minimum absolute atomic E-state index is 0.00520. The van der Waals surface area contributed by atoms with Crippen molar-refractivity contribution in [3.8, 4) is 0 Å². The van der Waals surface area contributed by atoms with Gasteiger partial charge in [-0.25, -0.2) is 0 Å². The lowest BCUT2D eigenvalue weighted by molar-refractivity contribution is -0.116. The SMILES string of the molecule is CCCCCC(=O)Nc1cccc(NC(=O)c2cccc(C)c2)c1. The molecule has 0 aromatic heterocycles. The molecule has 2 rings (SSSR count). The molecule has 2 amide bonds. The maximum absolute atomic E-state index is 12.3. The van der Waals surface area contributed by atoms with Crippen molar-refractivity contribution >= 4 is 23.2 Å². The van der Waals surface area contributed by atoms with Crippen molar-refractivity contribution in [1.82, 2.24) is 0 Å². The molecule has 0 bridgehead atoms. The van der Waals surface area contributed by atoms with Crippen LogP contribution in [0.3, 0.4) is 0 Å². The van der Waals surface area contributed by atoms with Crippen LogP contribution < -0.4 is 10.6 Å². The Kier molecular flexibility index (Phi) is 6.55. The molecule has 2 N–H and O–H groups in total. The third kappa shape index (κ3) is 5.54. The predicted octanol–water partition coefficient (Wildman–Crippen LogP) is 4.77. The summed E-state index contributed by atoms with van der Waals surface area (Å²) >= 11 is 0. The summed E-state index contributed by atoms with van der Waals surface area (Å²) in [5.74, 6) is -0.157. The van der Waals surface area contributed by atoms with Crippen LogP contribution in [-0.2, 0) is 4.79 Å².